The van der Waals surface area contributed by atoms with Crippen LogP contribution in [0.3, 0.4) is 0 Å². The van der Waals surface area contributed by atoms with Crippen molar-refractivity contribution in [2.45, 2.75) is 25.7 Å². The van der Waals surface area contributed by atoms with Gasteiger partial charge in [-0.3, -0.25) is 0 Å². The van der Waals surface area contributed by atoms with Gasteiger partial charge in [0.05, 0.1) is 22.9 Å². The molecule has 0 fully saturated rings. The number of thioether (sulfide) groups is 1. The van der Waals surface area contributed by atoms with Gasteiger partial charge in [0.2, 0.25) is 0 Å². The number of hydrogen-bond acceptors (Lipinski definition) is 4. The molecule has 1 heterocycles. The normalized spacial score (nSPS) is 11.5. The molecule has 4 heteroatoms. The molecule has 0 radical (unpaired) electrons. The Kier molecular flexibility index (Phi) is 4.83. The third-order valence-electron chi connectivity index (χ3n) is 2.24. The van der Waals surface area contributed by atoms with Gasteiger partial charge in [-0.2, -0.15) is 11.8 Å². The smallest absolute Gasteiger partial charge is 0.104 e. The molecule has 0 bridgehead atoms. The van der Waals surface area contributed by atoms with Gasteiger partial charge in [-0.1, -0.05) is 12.1 Å². The van der Waals surface area contributed by atoms with Crippen LogP contribution in [0, 0.1) is 0 Å². The number of ether oxygens (including phenoxy) is 1. The van der Waals surface area contributed by atoms with E-state index in [1.165, 1.54) is 9.71 Å². The minimum Gasteiger partial charge on any atom is -0.378 e. The minimum atomic E-state index is 0.332. The summed E-state index contributed by atoms with van der Waals surface area (Å²) < 4.78 is 6.78. The van der Waals surface area contributed by atoms with E-state index >= 15 is 0 Å². The standard InChI is InChI=1S/C13H17NOS2/c1-10(2)15-7-8-16-9-13-14-11-5-3-4-6-12(11)17-13/h3-6,10H,7-9H2,1-2H3. The Balaban J connectivity index is 1.79. The molecule has 0 aliphatic carbocycles. The summed E-state index contributed by atoms with van der Waals surface area (Å²) in [5.74, 6) is 2.02. The average molecular weight is 267 g/mol. The number of aromatic nitrogens is 1. The minimum absolute atomic E-state index is 0.332. The summed E-state index contributed by atoms with van der Waals surface area (Å²) in [5.41, 5.74) is 1.12. The molecule has 17 heavy (non-hydrogen) atoms. The largest absolute Gasteiger partial charge is 0.378 e. The van der Waals surface area contributed by atoms with Crippen LogP contribution in [0.5, 0.6) is 0 Å². The Labute approximate surface area is 110 Å². The third kappa shape index (κ3) is 3.98. The molecule has 0 N–H and O–H groups in total. The number of para-hydroxylation sites is 1. The van der Waals surface area contributed by atoms with E-state index in [4.69, 9.17) is 4.74 Å². The Bertz CT molecular complexity index is 434. The molecule has 0 aliphatic rings. The molecule has 0 unspecified atom stereocenters. The Morgan fingerprint density at radius 3 is 2.94 bits per heavy atom. The van der Waals surface area contributed by atoms with Gasteiger partial charge in [-0.15, -0.1) is 11.3 Å². The van der Waals surface area contributed by atoms with Gasteiger partial charge in [-0.25, -0.2) is 4.98 Å². The van der Waals surface area contributed by atoms with Crippen molar-refractivity contribution < 1.29 is 4.74 Å². The fourth-order valence-corrected chi connectivity index (χ4v) is 3.33. The van der Waals surface area contributed by atoms with E-state index in [1.54, 1.807) is 11.3 Å². The second kappa shape index (κ2) is 6.38. The van der Waals surface area contributed by atoms with Crippen LogP contribution in [0.1, 0.15) is 18.9 Å². The summed E-state index contributed by atoms with van der Waals surface area (Å²) in [6, 6.07) is 8.30. The van der Waals surface area contributed by atoms with Crippen LogP contribution in [-0.4, -0.2) is 23.4 Å². The van der Waals surface area contributed by atoms with Crippen molar-refractivity contribution in [2.24, 2.45) is 0 Å². The van der Waals surface area contributed by atoms with E-state index in [0.717, 1.165) is 23.6 Å². The van der Waals surface area contributed by atoms with Crippen LogP contribution in [0.15, 0.2) is 24.3 Å². The molecule has 0 amide bonds. The second-order valence-electron chi connectivity index (χ2n) is 4.05. The highest BCUT2D eigenvalue weighted by Crippen LogP contribution is 2.24. The SMILES string of the molecule is CC(C)OCCSCc1nc2ccccc2s1. The lowest BCUT2D eigenvalue weighted by Gasteiger charge is -2.05. The molecule has 0 spiro atoms. The molecule has 2 aromatic rings. The van der Waals surface area contributed by atoms with Gasteiger partial charge in [0.25, 0.3) is 0 Å². The number of rotatable bonds is 6. The maximum absolute atomic E-state index is 5.50. The van der Waals surface area contributed by atoms with E-state index in [1.807, 2.05) is 17.8 Å². The number of nitrogens with zero attached hydrogens (tertiary/aromatic N) is 1. The molecule has 0 atom stereocenters. The Morgan fingerprint density at radius 2 is 2.18 bits per heavy atom. The summed E-state index contributed by atoms with van der Waals surface area (Å²) in [5, 5.41) is 1.21. The summed E-state index contributed by atoms with van der Waals surface area (Å²) in [4.78, 5) is 4.60. The van der Waals surface area contributed by atoms with Crippen LogP contribution in [0.25, 0.3) is 10.2 Å². The topological polar surface area (TPSA) is 22.1 Å². The number of hydrogen-bond donors (Lipinski definition) is 0. The van der Waals surface area contributed by atoms with Crippen molar-refractivity contribution in [3.8, 4) is 0 Å². The zero-order valence-electron chi connectivity index (χ0n) is 10.2. The first-order valence-electron chi connectivity index (χ1n) is 5.79. The zero-order valence-corrected chi connectivity index (χ0v) is 11.8. The lowest BCUT2D eigenvalue weighted by atomic mass is 10.3. The van der Waals surface area contributed by atoms with Gasteiger partial charge in [0.1, 0.15) is 5.01 Å². The molecular weight excluding hydrogens is 250 g/mol. The quantitative estimate of drug-likeness (QED) is 0.740. The van der Waals surface area contributed by atoms with Crippen molar-refractivity contribution in [2.75, 3.05) is 12.4 Å². The first-order valence-corrected chi connectivity index (χ1v) is 7.76. The molecule has 2 rings (SSSR count). The Morgan fingerprint density at radius 1 is 1.35 bits per heavy atom. The number of fused-ring (bicyclic) bond motifs is 1. The van der Waals surface area contributed by atoms with Gasteiger partial charge in [0.15, 0.2) is 0 Å². The predicted molar refractivity (Wildman–Crippen MR) is 76.9 cm³/mol. The van der Waals surface area contributed by atoms with Crippen molar-refractivity contribution in [1.29, 1.82) is 0 Å². The summed E-state index contributed by atoms with van der Waals surface area (Å²) in [7, 11) is 0. The van der Waals surface area contributed by atoms with Gasteiger partial charge >= 0.3 is 0 Å². The summed E-state index contributed by atoms with van der Waals surface area (Å²) in [6.07, 6.45) is 0.332. The zero-order chi connectivity index (χ0) is 12.1. The van der Waals surface area contributed by atoms with Crippen LogP contribution < -0.4 is 0 Å². The van der Waals surface area contributed by atoms with Crippen molar-refractivity contribution in [3.05, 3.63) is 29.3 Å². The van der Waals surface area contributed by atoms with E-state index in [0.29, 0.717) is 6.10 Å². The van der Waals surface area contributed by atoms with E-state index < -0.39 is 0 Å². The molecular formula is C13H17NOS2. The molecule has 0 aliphatic heterocycles. The van der Waals surface area contributed by atoms with Crippen molar-refractivity contribution >= 4 is 33.3 Å². The van der Waals surface area contributed by atoms with Crippen molar-refractivity contribution in [1.82, 2.24) is 4.98 Å². The molecule has 1 aromatic heterocycles. The van der Waals surface area contributed by atoms with E-state index in [9.17, 15) is 0 Å². The highest BCUT2D eigenvalue weighted by molar-refractivity contribution is 7.98. The van der Waals surface area contributed by atoms with Gasteiger partial charge in [0, 0.05) is 11.5 Å². The van der Waals surface area contributed by atoms with Crippen molar-refractivity contribution in [3.63, 3.8) is 0 Å². The predicted octanol–water partition coefficient (Wildman–Crippen LogP) is 3.95. The highest BCUT2D eigenvalue weighted by Gasteiger charge is 2.02. The summed E-state index contributed by atoms with van der Waals surface area (Å²) in [6.45, 7) is 4.96. The maximum Gasteiger partial charge on any atom is 0.104 e. The van der Waals surface area contributed by atoms with Crippen LogP contribution >= 0.6 is 23.1 Å². The summed E-state index contributed by atoms with van der Waals surface area (Å²) >= 11 is 3.68. The molecule has 0 saturated carbocycles. The van der Waals surface area contributed by atoms with Crippen LogP contribution in [0.4, 0.5) is 0 Å². The molecule has 2 nitrogen and oxygen atoms in total. The van der Waals surface area contributed by atoms with Gasteiger partial charge < -0.3 is 4.74 Å². The molecule has 92 valence electrons. The monoisotopic (exact) mass is 267 g/mol. The third-order valence-corrected chi connectivity index (χ3v) is 4.39. The van der Waals surface area contributed by atoms with E-state index in [-0.39, 0.29) is 0 Å². The number of benzene rings is 1. The maximum atomic E-state index is 5.50. The first-order chi connectivity index (χ1) is 8.25. The highest BCUT2D eigenvalue weighted by atomic mass is 32.2. The fraction of sp³-hybridized carbons (Fsp3) is 0.462. The van der Waals surface area contributed by atoms with Crippen LogP contribution in [0.2, 0.25) is 0 Å². The Hall–Kier alpha value is -0.580. The lowest BCUT2D eigenvalue weighted by Crippen LogP contribution is -2.05. The first kappa shape index (κ1) is 12.9. The fourth-order valence-electron chi connectivity index (χ4n) is 1.48. The second-order valence-corrected chi connectivity index (χ2v) is 6.27. The van der Waals surface area contributed by atoms with Crippen LogP contribution in [-0.2, 0) is 10.5 Å². The van der Waals surface area contributed by atoms with Gasteiger partial charge in [-0.05, 0) is 26.0 Å². The molecule has 0 saturated heterocycles. The van der Waals surface area contributed by atoms with E-state index in [2.05, 4.69) is 37.0 Å². The average Bonchev–Trinajstić information content (AvgIpc) is 2.70. The lowest BCUT2D eigenvalue weighted by molar-refractivity contribution is 0.0920. The number of thiazole rings is 1. The molecule has 1 aromatic carbocycles.